The third-order valence-corrected chi connectivity index (χ3v) is 8.54. The highest BCUT2D eigenvalue weighted by Gasteiger charge is 2.28. The Kier molecular flexibility index (Phi) is 6.62. The van der Waals surface area contributed by atoms with Gasteiger partial charge in [0, 0.05) is 33.6 Å². The number of nitrogens with zero attached hydrogens (tertiary/aromatic N) is 2. The Hall–Kier alpha value is -5.67. The number of rotatable bonds is 6. The zero-order valence-corrected chi connectivity index (χ0v) is 24.2. The van der Waals surface area contributed by atoms with Gasteiger partial charge in [0.15, 0.2) is 0 Å². The van der Waals surface area contributed by atoms with Gasteiger partial charge in [0.2, 0.25) is 0 Å². The normalized spacial score (nSPS) is 11.2. The predicted octanol–water partition coefficient (Wildman–Crippen LogP) is 8.84. The van der Waals surface area contributed by atoms with Crippen LogP contribution < -0.4 is 10.9 Å². The molecule has 8 aromatic rings. The maximum atomic E-state index is 4.90. The van der Waals surface area contributed by atoms with Crippen molar-refractivity contribution in [3.63, 3.8) is 0 Å². The first-order valence-electron chi connectivity index (χ1n) is 15.1. The Morgan fingerprint density at radius 1 is 0.432 bits per heavy atom. The SMILES string of the molecule is c1ccc(B(c2ccccc2)n2c3ccccc3c3cc(-c4cccc(-c5ccccc5)c4)cc(-c4ccccn4)c32)cc1. The summed E-state index contributed by atoms with van der Waals surface area (Å²) in [6, 6.07) is 60.8. The molecule has 6 aromatic carbocycles. The Bertz CT molecular complexity index is 2170. The molecule has 3 heteroatoms. The van der Waals surface area contributed by atoms with Gasteiger partial charge in [-0.25, -0.2) is 0 Å². The van der Waals surface area contributed by atoms with E-state index in [1.165, 1.54) is 55.0 Å². The van der Waals surface area contributed by atoms with Gasteiger partial charge in [-0.3, -0.25) is 4.98 Å². The summed E-state index contributed by atoms with van der Waals surface area (Å²) in [7, 11) is 0. The van der Waals surface area contributed by atoms with Crippen molar-refractivity contribution in [2.24, 2.45) is 0 Å². The lowest BCUT2D eigenvalue weighted by molar-refractivity contribution is 1.30. The largest absolute Gasteiger partial charge is 0.375 e. The summed E-state index contributed by atoms with van der Waals surface area (Å²) in [5.41, 5.74) is 11.7. The number of hydrogen-bond acceptors (Lipinski definition) is 1. The number of benzene rings is 6. The Morgan fingerprint density at radius 3 is 1.70 bits per heavy atom. The molecule has 0 unspecified atom stereocenters. The monoisotopic (exact) mass is 560 g/mol. The average molecular weight is 561 g/mol. The number of aromatic nitrogens is 2. The van der Waals surface area contributed by atoms with Crippen LogP contribution in [-0.4, -0.2) is 16.3 Å². The second-order valence-corrected chi connectivity index (χ2v) is 11.2. The van der Waals surface area contributed by atoms with E-state index in [9.17, 15) is 0 Å². The fourth-order valence-electron chi connectivity index (χ4n) is 6.55. The van der Waals surface area contributed by atoms with Gasteiger partial charge in [-0.05, 0) is 58.7 Å². The second-order valence-electron chi connectivity index (χ2n) is 11.2. The smallest absolute Gasteiger partial charge is 0.328 e. The van der Waals surface area contributed by atoms with Gasteiger partial charge in [0.05, 0.1) is 5.69 Å². The minimum atomic E-state index is -0.0190. The highest BCUT2D eigenvalue weighted by atomic mass is 14.9. The van der Waals surface area contributed by atoms with E-state index < -0.39 is 0 Å². The molecule has 0 atom stereocenters. The van der Waals surface area contributed by atoms with Crippen molar-refractivity contribution in [1.82, 2.24) is 9.46 Å². The van der Waals surface area contributed by atoms with E-state index in [2.05, 4.69) is 168 Å². The van der Waals surface area contributed by atoms with Gasteiger partial charge in [0.1, 0.15) is 0 Å². The summed E-state index contributed by atoms with van der Waals surface area (Å²) < 4.78 is 2.53. The number of para-hydroxylation sites is 1. The Morgan fingerprint density at radius 2 is 1.02 bits per heavy atom. The zero-order valence-electron chi connectivity index (χ0n) is 24.2. The van der Waals surface area contributed by atoms with Gasteiger partial charge in [-0.15, -0.1) is 0 Å². The lowest BCUT2D eigenvalue weighted by Gasteiger charge is -2.21. The molecule has 0 aliphatic rings. The highest BCUT2D eigenvalue weighted by molar-refractivity contribution is 6.85. The van der Waals surface area contributed by atoms with Crippen molar-refractivity contribution in [2.75, 3.05) is 0 Å². The molecular formula is C41H29BN2. The molecule has 2 nitrogen and oxygen atoms in total. The quantitative estimate of drug-likeness (QED) is 0.186. The molecule has 44 heavy (non-hydrogen) atoms. The summed E-state index contributed by atoms with van der Waals surface area (Å²) in [5.74, 6) is 0. The van der Waals surface area contributed by atoms with E-state index in [0.29, 0.717) is 0 Å². The molecule has 206 valence electrons. The number of pyridine rings is 1. The van der Waals surface area contributed by atoms with Crippen LogP contribution in [0.4, 0.5) is 0 Å². The molecule has 2 heterocycles. The first kappa shape index (κ1) is 26.0. The molecule has 0 radical (unpaired) electrons. The zero-order chi connectivity index (χ0) is 29.3. The molecule has 0 amide bonds. The van der Waals surface area contributed by atoms with Crippen LogP contribution in [0.1, 0.15) is 0 Å². The molecule has 0 fully saturated rings. The molecule has 0 spiro atoms. The summed E-state index contributed by atoms with van der Waals surface area (Å²) >= 11 is 0. The van der Waals surface area contributed by atoms with Crippen LogP contribution in [0.15, 0.2) is 176 Å². The molecule has 8 rings (SSSR count). The average Bonchev–Trinajstić information content (AvgIpc) is 3.44. The third-order valence-electron chi connectivity index (χ3n) is 8.54. The first-order valence-corrected chi connectivity index (χ1v) is 15.1. The van der Waals surface area contributed by atoms with Crippen molar-refractivity contribution in [3.05, 3.63) is 176 Å². The minimum absolute atomic E-state index is 0.0190. The fraction of sp³-hybridized carbons (Fsp3) is 0. The third kappa shape index (κ3) is 4.60. The van der Waals surface area contributed by atoms with Crippen molar-refractivity contribution in [3.8, 4) is 33.5 Å². The van der Waals surface area contributed by atoms with E-state index in [1.807, 2.05) is 12.3 Å². The highest BCUT2D eigenvalue weighted by Crippen LogP contribution is 2.40. The summed E-state index contributed by atoms with van der Waals surface area (Å²) in [5, 5.41) is 2.46. The Labute approximate surface area is 258 Å². The van der Waals surface area contributed by atoms with Gasteiger partial charge in [-0.2, -0.15) is 0 Å². The van der Waals surface area contributed by atoms with Crippen LogP contribution in [0.2, 0.25) is 0 Å². The van der Waals surface area contributed by atoms with Crippen molar-refractivity contribution in [1.29, 1.82) is 0 Å². The van der Waals surface area contributed by atoms with Crippen molar-refractivity contribution in [2.45, 2.75) is 0 Å². The molecule has 0 aliphatic heterocycles. The van der Waals surface area contributed by atoms with Gasteiger partial charge in [0.25, 0.3) is 0 Å². The summed E-state index contributed by atoms with van der Waals surface area (Å²) in [4.78, 5) is 4.90. The topological polar surface area (TPSA) is 17.8 Å². The molecule has 0 N–H and O–H groups in total. The van der Waals surface area contributed by atoms with Crippen LogP contribution in [0.25, 0.3) is 55.3 Å². The van der Waals surface area contributed by atoms with E-state index in [1.54, 1.807) is 0 Å². The Balaban J connectivity index is 1.46. The standard InChI is InChI=1S/C41H29BN2/c1-4-15-30(16-5-1)31-17-14-18-32(27-31)33-28-37-36-23-10-11-25-40(36)44(41(37)38(29-33)39-24-12-13-26-43-39)42(34-19-6-2-7-20-34)35-21-8-3-9-22-35/h1-29H. The van der Waals surface area contributed by atoms with Gasteiger partial charge >= 0.3 is 6.85 Å². The van der Waals surface area contributed by atoms with Crippen molar-refractivity contribution < 1.29 is 0 Å². The number of fused-ring (bicyclic) bond motifs is 3. The van der Waals surface area contributed by atoms with Gasteiger partial charge < -0.3 is 4.48 Å². The summed E-state index contributed by atoms with van der Waals surface area (Å²) in [6.45, 7) is -0.0190. The lowest BCUT2D eigenvalue weighted by atomic mass is 9.50. The van der Waals surface area contributed by atoms with E-state index in [0.717, 1.165) is 11.3 Å². The van der Waals surface area contributed by atoms with Crippen LogP contribution in [0.5, 0.6) is 0 Å². The lowest BCUT2D eigenvalue weighted by Crippen LogP contribution is -2.48. The first-order chi connectivity index (χ1) is 21.8. The minimum Gasteiger partial charge on any atom is -0.375 e. The van der Waals surface area contributed by atoms with Crippen LogP contribution in [-0.2, 0) is 0 Å². The van der Waals surface area contributed by atoms with Crippen LogP contribution in [0.3, 0.4) is 0 Å². The van der Waals surface area contributed by atoms with Crippen LogP contribution >= 0.6 is 0 Å². The molecular weight excluding hydrogens is 531 g/mol. The van der Waals surface area contributed by atoms with E-state index in [4.69, 9.17) is 4.98 Å². The van der Waals surface area contributed by atoms with Crippen molar-refractivity contribution >= 4 is 39.6 Å². The van der Waals surface area contributed by atoms with Crippen LogP contribution in [0, 0.1) is 0 Å². The van der Waals surface area contributed by atoms with E-state index >= 15 is 0 Å². The second kappa shape index (κ2) is 11.2. The molecule has 0 saturated carbocycles. The maximum Gasteiger partial charge on any atom is 0.328 e. The number of hydrogen-bond donors (Lipinski definition) is 0. The predicted molar refractivity (Wildman–Crippen MR) is 187 cm³/mol. The molecule has 0 aliphatic carbocycles. The van der Waals surface area contributed by atoms with Gasteiger partial charge in [-0.1, -0.05) is 144 Å². The molecule has 0 saturated heterocycles. The molecule has 0 bridgehead atoms. The van der Waals surface area contributed by atoms with E-state index in [-0.39, 0.29) is 6.85 Å². The fourth-order valence-corrected chi connectivity index (χ4v) is 6.55. The maximum absolute atomic E-state index is 4.90. The summed E-state index contributed by atoms with van der Waals surface area (Å²) in [6.07, 6.45) is 1.89. The molecule has 2 aromatic heterocycles.